The number of furan rings is 2. The van der Waals surface area contributed by atoms with Gasteiger partial charge in [0.15, 0.2) is 5.82 Å². The van der Waals surface area contributed by atoms with Crippen LogP contribution in [0.3, 0.4) is 0 Å². The summed E-state index contributed by atoms with van der Waals surface area (Å²) in [4.78, 5) is 0. The molecule has 0 spiro atoms. The largest absolute Gasteiger partial charge is 0.456 e. The molecule has 0 saturated heterocycles. The van der Waals surface area contributed by atoms with E-state index in [1.807, 2.05) is 60.7 Å². The van der Waals surface area contributed by atoms with Gasteiger partial charge in [0.1, 0.15) is 22.3 Å². The number of halogens is 2. The van der Waals surface area contributed by atoms with Gasteiger partial charge in [-0.3, -0.25) is 0 Å². The molecule has 0 aliphatic rings. The van der Waals surface area contributed by atoms with Crippen molar-refractivity contribution in [1.82, 2.24) is 0 Å². The van der Waals surface area contributed by atoms with Crippen molar-refractivity contribution in [1.29, 1.82) is 0 Å². The first kappa shape index (κ1) is 15.7. The second-order valence-electron chi connectivity index (χ2n) is 6.79. The van der Waals surface area contributed by atoms with Crippen molar-refractivity contribution in [3.05, 3.63) is 83.6 Å². The summed E-state index contributed by atoms with van der Waals surface area (Å²) in [6, 6.07) is 22.8. The van der Waals surface area contributed by atoms with Gasteiger partial charge in [-0.25, -0.2) is 4.39 Å². The average Bonchev–Trinajstić information content (AvgIpc) is 3.29. The zero-order valence-electron chi connectivity index (χ0n) is 14.5. The van der Waals surface area contributed by atoms with Gasteiger partial charge >= 0.3 is 0 Å². The van der Waals surface area contributed by atoms with Gasteiger partial charge in [-0.2, -0.15) is 0 Å². The molecule has 0 aliphatic heterocycles. The minimum atomic E-state index is -0.463. The average molecular weight is 387 g/mol. The van der Waals surface area contributed by atoms with E-state index >= 15 is 0 Å². The SMILES string of the molecule is Fc1c(Cl)ccc2oc3cccc(-c4cccc5oc6ccccc6c45)c3c12. The summed E-state index contributed by atoms with van der Waals surface area (Å²) < 4.78 is 26.9. The first-order valence-corrected chi connectivity index (χ1v) is 9.30. The van der Waals surface area contributed by atoms with E-state index in [0.29, 0.717) is 16.6 Å². The molecule has 0 amide bonds. The summed E-state index contributed by atoms with van der Waals surface area (Å²) in [6.45, 7) is 0. The van der Waals surface area contributed by atoms with Gasteiger partial charge in [-0.1, -0.05) is 54.1 Å². The van der Waals surface area contributed by atoms with Gasteiger partial charge < -0.3 is 8.83 Å². The third kappa shape index (κ3) is 2.02. The summed E-state index contributed by atoms with van der Waals surface area (Å²) in [6.07, 6.45) is 0. The Labute approximate surface area is 163 Å². The predicted molar refractivity (Wildman–Crippen MR) is 111 cm³/mol. The highest BCUT2D eigenvalue weighted by Crippen LogP contribution is 2.43. The molecule has 134 valence electrons. The smallest absolute Gasteiger partial charge is 0.153 e. The van der Waals surface area contributed by atoms with E-state index < -0.39 is 5.82 Å². The topological polar surface area (TPSA) is 26.3 Å². The van der Waals surface area contributed by atoms with E-state index in [1.54, 1.807) is 6.07 Å². The van der Waals surface area contributed by atoms with Gasteiger partial charge in [0.05, 0.1) is 10.4 Å². The van der Waals surface area contributed by atoms with E-state index in [-0.39, 0.29) is 5.02 Å². The fourth-order valence-electron chi connectivity index (χ4n) is 4.07. The van der Waals surface area contributed by atoms with Gasteiger partial charge in [0.2, 0.25) is 0 Å². The van der Waals surface area contributed by atoms with E-state index in [4.69, 9.17) is 20.4 Å². The van der Waals surface area contributed by atoms with E-state index in [1.165, 1.54) is 6.07 Å². The Morgan fingerprint density at radius 2 is 1.18 bits per heavy atom. The number of benzene rings is 4. The first-order chi connectivity index (χ1) is 13.7. The van der Waals surface area contributed by atoms with E-state index in [0.717, 1.165) is 38.5 Å². The molecule has 0 aliphatic carbocycles. The van der Waals surface area contributed by atoms with Crippen LogP contribution in [0.1, 0.15) is 0 Å². The standard InChI is InChI=1S/C24H12ClFO2/c25-16-11-12-20-23(24(16)26)22-14(7-4-10-19(22)28-20)13-6-3-9-18-21(13)15-5-1-2-8-17(15)27-18/h1-12H. The van der Waals surface area contributed by atoms with Crippen molar-refractivity contribution < 1.29 is 13.2 Å². The minimum absolute atomic E-state index is 0.0805. The maximum Gasteiger partial charge on any atom is 0.153 e. The maximum absolute atomic E-state index is 15.0. The molecule has 0 unspecified atom stereocenters. The normalized spacial score (nSPS) is 11.9. The quantitative estimate of drug-likeness (QED) is 0.286. The predicted octanol–water partition coefficient (Wildman–Crippen LogP) is 7.94. The zero-order valence-corrected chi connectivity index (χ0v) is 15.3. The number of rotatable bonds is 1. The van der Waals surface area contributed by atoms with Crippen LogP contribution < -0.4 is 0 Å². The summed E-state index contributed by atoms with van der Waals surface area (Å²) >= 11 is 6.07. The van der Waals surface area contributed by atoms with Gasteiger partial charge in [-0.15, -0.1) is 0 Å². The van der Waals surface area contributed by atoms with E-state index in [2.05, 4.69) is 0 Å². The van der Waals surface area contributed by atoms with E-state index in [9.17, 15) is 4.39 Å². The molecule has 0 bridgehead atoms. The van der Waals surface area contributed by atoms with Crippen LogP contribution in [-0.2, 0) is 0 Å². The number of fused-ring (bicyclic) bond motifs is 6. The van der Waals surface area contributed by atoms with Crippen molar-refractivity contribution in [2.75, 3.05) is 0 Å². The summed E-state index contributed by atoms with van der Waals surface area (Å²) in [5.74, 6) is -0.463. The molecule has 0 N–H and O–H groups in total. The molecule has 0 radical (unpaired) electrons. The zero-order chi connectivity index (χ0) is 18.8. The van der Waals surface area contributed by atoms with Crippen LogP contribution in [0, 0.1) is 5.82 Å². The molecule has 0 fully saturated rings. The molecular weight excluding hydrogens is 375 g/mol. The fraction of sp³-hybridized carbons (Fsp3) is 0. The maximum atomic E-state index is 15.0. The molecule has 2 aromatic heterocycles. The number of hydrogen-bond acceptors (Lipinski definition) is 2. The van der Waals surface area contributed by atoms with Crippen molar-refractivity contribution in [2.24, 2.45) is 0 Å². The van der Waals surface area contributed by atoms with Crippen LogP contribution in [0.2, 0.25) is 5.02 Å². The lowest BCUT2D eigenvalue weighted by Crippen LogP contribution is -1.83. The lowest BCUT2D eigenvalue weighted by Gasteiger charge is -2.06. The molecule has 6 rings (SSSR count). The Hall–Kier alpha value is -3.30. The second-order valence-corrected chi connectivity index (χ2v) is 7.20. The highest BCUT2D eigenvalue weighted by molar-refractivity contribution is 6.32. The summed E-state index contributed by atoms with van der Waals surface area (Å²) in [5.41, 5.74) is 4.57. The van der Waals surface area contributed by atoms with Crippen LogP contribution in [0.15, 0.2) is 81.6 Å². The highest BCUT2D eigenvalue weighted by Gasteiger charge is 2.20. The third-order valence-electron chi connectivity index (χ3n) is 5.25. The van der Waals surface area contributed by atoms with Crippen LogP contribution >= 0.6 is 11.6 Å². The van der Waals surface area contributed by atoms with Gasteiger partial charge in [0.25, 0.3) is 0 Å². The molecule has 28 heavy (non-hydrogen) atoms. The molecule has 2 heterocycles. The molecule has 2 nitrogen and oxygen atoms in total. The van der Waals surface area contributed by atoms with Crippen LogP contribution in [0.4, 0.5) is 4.39 Å². The van der Waals surface area contributed by atoms with Crippen LogP contribution in [0.5, 0.6) is 0 Å². The molecule has 0 atom stereocenters. The Balaban J connectivity index is 1.83. The van der Waals surface area contributed by atoms with Crippen molar-refractivity contribution in [3.8, 4) is 11.1 Å². The first-order valence-electron chi connectivity index (χ1n) is 8.92. The fourth-order valence-corrected chi connectivity index (χ4v) is 4.22. The number of para-hydroxylation sites is 1. The Bertz CT molecular complexity index is 1540. The van der Waals surface area contributed by atoms with Gasteiger partial charge in [-0.05, 0) is 41.5 Å². The summed E-state index contributed by atoms with van der Waals surface area (Å²) in [5, 5.41) is 3.23. The van der Waals surface area contributed by atoms with Crippen LogP contribution in [0.25, 0.3) is 55.0 Å². The van der Waals surface area contributed by atoms with Crippen LogP contribution in [-0.4, -0.2) is 0 Å². The number of hydrogen-bond donors (Lipinski definition) is 0. The lowest BCUT2D eigenvalue weighted by molar-refractivity contribution is 0.634. The Kier molecular flexibility index (Phi) is 3.15. The second kappa shape index (κ2) is 5.60. The molecule has 4 aromatic carbocycles. The molecule has 6 aromatic rings. The Morgan fingerprint density at radius 1 is 0.571 bits per heavy atom. The molecule has 4 heteroatoms. The minimum Gasteiger partial charge on any atom is -0.456 e. The molecule has 0 saturated carbocycles. The highest BCUT2D eigenvalue weighted by atomic mass is 35.5. The van der Waals surface area contributed by atoms with Crippen molar-refractivity contribution >= 4 is 55.5 Å². The third-order valence-corrected chi connectivity index (χ3v) is 5.54. The summed E-state index contributed by atoms with van der Waals surface area (Å²) in [7, 11) is 0. The van der Waals surface area contributed by atoms with Crippen molar-refractivity contribution in [3.63, 3.8) is 0 Å². The van der Waals surface area contributed by atoms with Gasteiger partial charge in [0, 0.05) is 16.2 Å². The molecular formula is C24H12ClFO2. The lowest BCUT2D eigenvalue weighted by atomic mass is 9.95. The van der Waals surface area contributed by atoms with Crippen molar-refractivity contribution in [2.45, 2.75) is 0 Å². The Morgan fingerprint density at radius 3 is 2.00 bits per heavy atom. The monoisotopic (exact) mass is 386 g/mol.